The van der Waals surface area contributed by atoms with Gasteiger partial charge in [0.15, 0.2) is 5.96 Å². The van der Waals surface area contributed by atoms with Crippen LogP contribution in [-0.4, -0.2) is 26.2 Å². The number of carbonyl (C=O) groups is 1. The molecule has 0 saturated heterocycles. The third-order valence-corrected chi connectivity index (χ3v) is 4.12. The third-order valence-electron chi connectivity index (χ3n) is 4.12. The highest BCUT2D eigenvalue weighted by atomic mass is 127. The van der Waals surface area contributed by atoms with E-state index in [0.29, 0.717) is 23.8 Å². The molecular formula is C20H26FIN4O2. The fourth-order valence-electron chi connectivity index (χ4n) is 2.42. The van der Waals surface area contributed by atoms with E-state index in [0.717, 1.165) is 11.1 Å². The van der Waals surface area contributed by atoms with Crippen LogP contribution >= 0.6 is 24.0 Å². The van der Waals surface area contributed by atoms with Gasteiger partial charge < -0.3 is 15.4 Å². The molecule has 1 atom stereocenters. The van der Waals surface area contributed by atoms with Crippen molar-refractivity contribution in [1.82, 2.24) is 10.6 Å². The largest absolute Gasteiger partial charge is 0.453 e. The number of hydrogen-bond acceptors (Lipinski definition) is 3. The predicted octanol–water partition coefficient (Wildman–Crippen LogP) is 4.36. The molecule has 0 radical (unpaired) electrons. The van der Waals surface area contributed by atoms with Crippen molar-refractivity contribution in [2.75, 3.05) is 19.5 Å². The molecule has 1 amide bonds. The summed E-state index contributed by atoms with van der Waals surface area (Å²) in [6.07, 6.45) is -0.507. The number of ether oxygens (including phenoxy) is 1. The zero-order chi connectivity index (χ0) is 19.8. The zero-order valence-electron chi connectivity index (χ0n) is 16.4. The molecule has 152 valence electrons. The average molecular weight is 500 g/mol. The highest BCUT2D eigenvalue weighted by Gasteiger charge is 2.10. The molecule has 2 aromatic carbocycles. The van der Waals surface area contributed by atoms with Crippen LogP contribution in [0.5, 0.6) is 0 Å². The molecule has 3 N–H and O–H groups in total. The summed E-state index contributed by atoms with van der Waals surface area (Å²) in [6, 6.07) is 12.5. The van der Waals surface area contributed by atoms with E-state index in [9.17, 15) is 9.18 Å². The lowest BCUT2D eigenvalue weighted by molar-refractivity contribution is 0.187. The van der Waals surface area contributed by atoms with E-state index in [4.69, 9.17) is 0 Å². The molecule has 2 aromatic rings. The fourth-order valence-corrected chi connectivity index (χ4v) is 2.42. The SMILES string of the molecule is CN=C(NCc1ccc(NC(=O)OC)cc1)NC(C)c1ccc(C)c(F)c1.I. The van der Waals surface area contributed by atoms with Gasteiger partial charge in [-0.05, 0) is 48.7 Å². The Morgan fingerprint density at radius 2 is 1.89 bits per heavy atom. The summed E-state index contributed by atoms with van der Waals surface area (Å²) in [7, 11) is 3.00. The molecule has 0 heterocycles. The fraction of sp³-hybridized carbons (Fsp3) is 0.300. The van der Waals surface area contributed by atoms with Gasteiger partial charge in [0.25, 0.3) is 0 Å². The topological polar surface area (TPSA) is 74.8 Å². The van der Waals surface area contributed by atoms with Crippen LogP contribution in [0.1, 0.15) is 29.7 Å². The molecule has 0 spiro atoms. The van der Waals surface area contributed by atoms with Crippen molar-refractivity contribution < 1.29 is 13.9 Å². The molecule has 0 bridgehead atoms. The first-order valence-corrected chi connectivity index (χ1v) is 8.60. The maximum atomic E-state index is 13.8. The van der Waals surface area contributed by atoms with Crippen LogP contribution < -0.4 is 16.0 Å². The molecule has 0 aromatic heterocycles. The number of hydrogen-bond donors (Lipinski definition) is 3. The number of methoxy groups -OCH3 is 1. The predicted molar refractivity (Wildman–Crippen MR) is 121 cm³/mol. The van der Waals surface area contributed by atoms with Gasteiger partial charge in [-0.15, -0.1) is 24.0 Å². The van der Waals surface area contributed by atoms with Crippen molar-refractivity contribution in [2.45, 2.75) is 26.4 Å². The number of aryl methyl sites for hydroxylation is 1. The number of guanidine groups is 1. The van der Waals surface area contributed by atoms with Crippen molar-refractivity contribution in [3.63, 3.8) is 0 Å². The van der Waals surface area contributed by atoms with Gasteiger partial charge in [-0.25, -0.2) is 9.18 Å². The Kier molecular flexibility index (Phi) is 9.70. The molecule has 28 heavy (non-hydrogen) atoms. The van der Waals surface area contributed by atoms with Crippen LogP contribution in [0.4, 0.5) is 14.9 Å². The number of rotatable bonds is 5. The van der Waals surface area contributed by atoms with Gasteiger partial charge in [-0.1, -0.05) is 24.3 Å². The smallest absolute Gasteiger partial charge is 0.411 e. The van der Waals surface area contributed by atoms with Gasteiger partial charge in [-0.3, -0.25) is 10.3 Å². The van der Waals surface area contributed by atoms with Crippen LogP contribution in [0.2, 0.25) is 0 Å². The summed E-state index contributed by atoms with van der Waals surface area (Å²) >= 11 is 0. The lowest BCUT2D eigenvalue weighted by Gasteiger charge is -2.19. The van der Waals surface area contributed by atoms with Crippen LogP contribution in [0.25, 0.3) is 0 Å². The summed E-state index contributed by atoms with van der Waals surface area (Å²) in [4.78, 5) is 15.4. The Morgan fingerprint density at radius 1 is 1.21 bits per heavy atom. The molecule has 2 rings (SSSR count). The minimum absolute atomic E-state index is 0. The standard InChI is InChI=1S/C20H25FN4O2.HI/c1-13-5-8-16(11-18(13)21)14(2)24-19(22-3)23-12-15-6-9-17(10-7-15)25-20(26)27-4;/h5-11,14H,12H2,1-4H3,(H,25,26)(H2,22,23,24);1H. The normalized spacial score (nSPS) is 11.8. The molecule has 0 aliphatic heterocycles. The summed E-state index contributed by atoms with van der Waals surface area (Å²) in [5, 5.41) is 9.06. The molecule has 0 aliphatic rings. The van der Waals surface area contributed by atoms with Gasteiger partial charge in [0.05, 0.1) is 13.2 Å². The third kappa shape index (κ3) is 6.99. The van der Waals surface area contributed by atoms with E-state index < -0.39 is 6.09 Å². The second-order valence-corrected chi connectivity index (χ2v) is 6.11. The monoisotopic (exact) mass is 500 g/mol. The number of benzene rings is 2. The van der Waals surface area contributed by atoms with Crippen molar-refractivity contribution in [3.8, 4) is 0 Å². The van der Waals surface area contributed by atoms with E-state index in [-0.39, 0.29) is 35.8 Å². The van der Waals surface area contributed by atoms with Gasteiger partial charge in [-0.2, -0.15) is 0 Å². The van der Waals surface area contributed by atoms with Gasteiger partial charge in [0.1, 0.15) is 5.82 Å². The number of nitrogens with zero attached hydrogens (tertiary/aromatic N) is 1. The first-order valence-electron chi connectivity index (χ1n) is 8.60. The Bertz CT molecular complexity index is 812. The molecule has 1 unspecified atom stereocenters. The quantitative estimate of drug-likeness (QED) is 0.324. The van der Waals surface area contributed by atoms with Crippen molar-refractivity contribution in [2.24, 2.45) is 4.99 Å². The second kappa shape index (κ2) is 11.5. The number of carbonyl (C=O) groups excluding carboxylic acids is 1. The van der Waals surface area contributed by atoms with Crippen molar-refractivity contribution in [3.05, 3.63) is 65.0 Å². The number of anilines is 1. The minimum Gasteiger partial charge on any atom is -0.453 e. The highest BCUT2D eigenvalue weighted by molar-refractivity contribution is 14.0. The molecule has 0 aliphatic carbocycles. The first-order chi connectivity index (χ1) is 12.9. The minimum atomic E-state index is -0.507. The number of nitrogens with one attached hydrogen (secondary N) is 3. The lowest BCUT2D eigenvalue weighted by Crippen LogP contribution is -2.38. The molecule has 0 saturated carbocycles. The highest BCUT2D eigenvalue weighted by Crippen LogP contribution is 2.16. The van der Waals surface area contributed by atoms with Crippen molar-refractivity contribution >= 4 is 41.7 Å². The molecule has 6 nitrogen and oxygen atoms in total. The first kappa shape index (κ1) is 23.7. The second-order valence-electron chi connectivity index (χ2n) is 6.11. The van der Waals surface area contributed by atoms with Gasteiger partial charge in [0.2, 0.25) is 0 Å². The number of aliphatic imine (C=N–C) groups is 1. The van der Waals surface area contributed by atoms with E-state index in [2.05, 4.69) is 25.7 Å². The van der Waals surface area contributed by atoms with Gasteiger partial charge in [0, 0.05) is 19.3 Å². The van der Waals surface area contributed by atoms with Crippen LogP contribution in [0.15, 0.2) is 47.5 Å². The van der Waals surface area contributed by atoms with E-state index >= 15 is 0 Å². The molecule has 8 heteroatoms. The Labute approximate surface area is 182 Å². The van der Waals surface area contributed by atoms with E-state index in [1.54, 1.807) is 32.2 Å². The maximum Gasteiger partial charge on any atom is 0.411 e. The van der Waals surface area contributed by atoms with E-state index in [1.165, 1.54) is 13.2 Å². The van der Waals surface area contributed by atoms with Gasteiger partial charge >= 0.3 is 6.09 Å². The summed E-state index contributed by atoms with van der Waals surface area (Å²) in [6.45, 7) is 4.24. The Morgan fingerprint density at radius 3 is 2.46 bits per heavy atom. The summed E-state index contributed by atoms with van der Waals surface area (Å²) < 4.78 is 18.3. The lowest BCUT2D eigenvalue weighted by atomic mass is 10.1. The Balaban J connectivity index is 0.00000392. The Hall–Kier alpha value is -2.36. The van der Waals surface area contributed by atoms with Crippen molar-refractivity contribution in [1.29, 1.82) is 0 Å². The summed E-state index contributed by atoms with van der Waals surface area (Å²) in [5.41, 5.74) is 3.14. The molecule has 0 fully saturated rings. The van der Waals surface area contributed by atoms with Crippen LogP contribution in [0.3, 0.4) is 0 Å². The zero-order valence-corrected chi connectivity index (χ0v) is 18.7. The summed E-state index contributed by atoms with van der Waals surface area (Å²) in [5.74, 6) is 0.394. The number of halogens is 2. The average Bonchev–Trinajstić information content (AvgIpc) is 2.68. The van der Waals surface area contributed by atoms with Crippen LogP contribution in [0, 0.1) is 12.7 Å². The molecular weight excluding hydrogens is 474 g/mol. The van der Waals surface area contributed by atoms with E-state index in [1.807, 2.05) is 25.1 Å². The van der Waals surface area contributed by atoms with Crippen LogP contribution in [-0.2, 0) is 11.3 Å². The number of amides is 1. The maximum absolute atomic E-state index is 13.8.